The minimum absolute atomic E-state index is 0.365. The molecule has 0 unspecified atom stereocenters. The van der Waals surface area contributed by atoms with E-state index < -0.39 is 6.10 Å². The van der Waals surface area contributed by atoms with E-state index in [1.807, 2.05) is 0 Å². The van der Waals surface area contributed by atoms with Gasteiger partial charge in [-0.1, -0.05) is 6.08 Å². The van der Waals surface area contributed by atoms with Crippen molar-refractivity contribution < 1.29 is 5.11 Å². The van der Waals surface area contributed by atoms with Gasteiger partial charge in [-0.25, -0.2) is 0 Å². The minimum atomic E-state index is -0.523. The van der Waals surface area contributed by atoms with Gasteiger partial charge >= 0.3 is 0 Å². The molecule has 0 aromatic heterocycles. The zero-order chi connectivity index (χ0) is 5.70. The van der Waals surface area contributed by atoms with Crippen molar-refractivity contribution in [2.24, 2.45) is 0 Å². The van der Waals surface area contributed by atoms with Gasteiger partial charge in [0, 0.05) is 6.42 Å². The van der Waals surface area contributed by atoms with Crippen molar-refractivity contribution in [3.8, 4) is 12.3 Å². The molecular weight excluding hydrogens is 88.1 g/mol. The van der Waals surface area contributed by atoms with Crippen LogP contribution in [0.5, 0.6) is 0 Å². The highest BCUT2D eigenvalue weighted by atomic mass is 16.3. The summed E-state index contributed by atoms with van der Waals surface area (Å²) in [5.41, 5.74) is 0. The Morgan fingerprint density at radius 2 is 2.57 bits per heavy atom. The zero-order valence-corrected chi connectivity index (χ0v) is 4.09. The molecule has 0 bridgehead atoms. The van der Waals surface area contributed by atoms with E-state index in [1.165, 1.54) is 6.08 Å². The van der Waals surface area contributed by atoms with Crippen LogP contribution in [0.25, 0.3) is 0 Å². The Bertz CT molecular complexity index is 88.8. The maximum absolute atomic E-state index is 8.60. The number of rotatable bonds is 2. The molecular formula is C6H8O. The van der Waals surface area contributed by atoms with Crippen LogP contribution >= 0.6 is 0 Å². The summed E-state index contributed by atoms with van der Waals surface area (Å²) in [6, 6.07) is 0. The van der Waals surface area contributed by atoms with E-state index in [0.29, 0.717) is 6.42 Å². The minimum Gasteiger partial charge on any atom is -0.388 e. The molecule has 0 aromatic rings. The molecule has 0 heterocycles. The fourth-order valence-electron chi connectivity index (χ4n) is 0.204. The van der Waals surface area contributed by atoms with E-state index in [9.17, 15) is 0 Å². The quantitative estimate of drug-likeness (QED) is 0.393. The van der Waals surface area contributed by atoms with E-state index in [2.05, 4.69) is 12.5 Å². The van der Waals surface area contributed by atoms with E-state index in [0.717, 1.165) is 0 Å². The van der Waals surface area contributed by atoms with Crippen molar-refractivity contribution >= 4 is 0 Å². The third-order valence-corrected chi connectivity index (χ3v) is 0.599. The van der Waals surface area contributed by atoms with Gasteiger partial charge in [0.25, 0.3) is 0 Å². The SMILES string of the molecule is C#CC[C@H](O)C=C. The molecule has 1 heteroatoms. The van der Waals surface area contributed by atoms with Crippen LogP contribution in [0.2, 0.25) is 0 Å². The maximum atomic E-state index is 8.60. The average Bonchev–Trinajstić information content (AvgIpc) is 1.68. The molecule has 0 aliphatic heterocycles. The van der Waals surface area contributed by atoms with Crippen LogP contribution in [-0.4, -0.2) is 11.2 Å². The van der Waals surface area contributed by atoms with Crippen LogP contribution in [0, 0.1) is 12.3 Å². The summed E-state index contributed by atoms with van der Waals surface area (Å²) in [5, 5.41) is 8.60. The first kappa shape index (κ1) is 6.26. The van der Waals surface area contributed by atoms with E-state index in [-0.39, 0.29) is 0 Å². The molecule has 0 saturated carbocycles. The van der Waals surface area contributed by atoms with Crippen LogP contribution in [0.3, 0.4) is 0 Å². The summed E-state index contributed by atoms with van der Waals surface area (Å²) in [5.74, 6) is 2.30. The number of terminal acetylenes is 1. The third-order valence-electron chi connectivity index (χ3n) is 0.599. The Balaban J connectivity index is 3.21. The summed E-state index contributed by atoms with van der Waals surface area (Å²) in [4.78, 5) is 0. The second kappa shape index (κ2) is 3.45. The Morgan fingerprint density at radius 3 is 2.71 bits per heavy atom. The first-order valence-electron chi connectivity index (χ1n) is 2.05. The molecule has 0 rings (SSSR count). The van der Waals surface area contributed by atoms with Crippen LogP contribution in [-0.2, 0) is 0 Å². The van der Waals surface area contributed by atoms with Crippen LogP contribution in [0.15, 0.2) is 12.7 Å². The second-order valence-electron chi connectivity index (χ2n) is 1.21. The summed E-state index contributed by atoms with van der Waals surface area (Å²) in [6.45, 7) is 3.33. The molecule has 1 atom stereocenters. The van der Waals surface area contributed by atoms with Crippen molar-refractivity contribution in [3.63, 3.8) is 0 Å². The molecule has 38 valence electrons. The lowest BCUT2D eigenvalue weighted by molar-refractivity contribution is 0.230. The highest BCUT2D eigenvalue weighted by Gasteiger charge is 1.89. The predicted octanol–water partition coefficient (Wildman–Crippen LogP) is 0.557. The lowest BCUT2D eigenvalue weighted by atomic mass is 10.3. The van der Waals surface area contributed by atoms with Crippen molar-refractivity contribution in [2.45, 2.75) is 12.5 Å². The van der Waals surface area contributed by atoms with Gasteiger partial charge in [-0.3, -0.25) is 0 Å². The number of hydrogen-bond donors (Lipinski definition) is 1. The highest BCUT2D eigenvalue weighted by Crippen LogP contribution is 1.86. The molecule has 0 aliphatic carbocycles. The lowest BCUT2D eigenvalue weighted by Gasteiger charge is -1.93. The summed E-state index contributed by atoms with van der Waals surface area (Å²) < 4.78 is 0. The largest absolute Gasteiger partial charge is 0.388 e. The molecule has 0 radical (unpaired) electrons. The second-order valence-corrected chi connectivity index (χ2v) is 1.21. The summed E-state index contributed by atoms with van der Waals surface area (Å²) >= 11 is 0. The van der Waals surface area contributed by atoms with Crippen LogP contribution in [0.4, 0.5) is 0 Å². The Hall–Kier alpha value is -0.740. The molecule has 0 aromatic carbocycles. The van der Waals surface area contributed by atoms with Crippen LogP contribution in [0.1, 0.15) is 6.42 Å². The first-order chi connectivity index (χ1) is 3.31. The highest BCUT2D eigenvalue weighted by molar-refractivity contribution is 4.92. The van der Waals surface area contributed by atoms with Gasteiger partial charge in [-0.05, 0) is 0 Å². The molecule has 1 N–H and O–H groups in total. The number of hydrogen-bond acceptors (Lipinski definition) is 1. The van der Waals surface area contributed by atoms with Crippen molar-refractivity contribution in [1.82, 2.24) is 0 Å². The molecule has 0 amide bonds. The summed E-state index contributed by atoms with van der Waals surface area (Å²) in [6.07, 6.45) is 6.11. The third kappa shape index (κ3) is 3.08. The van der Waals surface area contributed by atoms with Crippen LogP contribution < -0.4 is 0 Å². The summed E-state index contributed by atoms with van der Waals surface area (Å²) in [7, 11) is 0. The molecule has 0 fully saturated rings. The standard InChI is InChI=1S/C6H8O/c1-3-5-6(7)4-2/h1,4,6-7H,2,5H2/t6-/m1/s1. The normalized spacial score (nSPS) is 12.0. The van der Waals surface area contributed by atoms with Gasteiger partial charge in [0.2, 0.25) is 0 Å². The maximum Gasteiger partial charge on any atom is 0.0827 e. The van der Waals surface area contributed by atoms with Crippen molar-refractivity contribution in [3.05, 3.63) is 12.7 Å². The topological polar surface area (TPSA) is 20.2 Å². The average molecular weight is 96.1 g/mol. The fourth-order valence-corrected chi connectivity index (χ4v) is 0.204. The fraction of sp³-hybridized carbons (Fsp3) is 0.333. The monoisotopic (exact) mass is 96.1 g/mol. The van der Waals surface area contributed by atoms with Gasteiger partial charge < -0.3 is 5.11 Å². The Kier molecular flexibility index (Phi) is 3.09. The Morgan fingerprint density at radius 1 is 2.00 bits per heavy atom. The number of aliphatic hydroxyl groups excluding tert-OH is 1. The van der Waals surface area contributed by atoms with Crippen molar-refractivity contribution in [1.29, 1.82) is 0 Å². The predicted molar refractivity (Wildman–Crippen MR) is 29.7 cm³/mol. The first-order valence-corrected chi connectivity index (χ1v) is 2.05. The zero-order valence-electron chi connectivity index (χ0n) is 4.09. The lowest BCUT2D eigenvalue weighted by Crippen LogP contribution is -1.97. The van der Waals surface area contributed by atoms with Gasteiger partial charge in [0.05, 0.1) is 6.10 Å². The van der Waals surface area contributed by atoms with Gasteiger partial charge in [-0.2, -0.15) is 0 Å². The molecule has 1 nitrogen and oxygen atoms in total. The number of aliphatic hydroxyl groups is 1. The smallest absolute Gasteiger partial charge is 0.0827 e. The van der Waals surface area contributed by atoms with Gasteiger partial charge in [0.1, 0.15) is 0 Å². The molecule has 0 spiro atoms. The molecule has 7 heavy (non-hydrogen) atoms. The molecule has 0 aliphatic rings. The van der Waals surface area contributed by atoms with E-state index in [4.69, 9.17) is 11.5 Å². The van der Waals surface area contributed by atoms with Crippen molar-refractivity contribution in [2.75, 3.05) is 0 Å². The van der Waals surface area contributed by atoms with E-state index in [1.54, 1.807) is 0 Å². The van der Waals surface area contributed by atoms with E-state index >= 15 is 0 Å². The molecule has 0 saturated heterocycles. The van der Waals surface area contributed by atoms with Gasteiger partial charge in [-0.15, -0.1) is 18.9 Å². The van der Waals surface area contributed by atoms with Gasteiger partial charge in [0.15, 0.2) is 0 Å². The Labute approximate surface area is 43.7 Å².